The Morgan fingerprint density at radius 2 is 2.19 bits per heavy atom. The number of rotatable bonds is 4. The molecule has 0 spiro atoms. The van der Waals surface area contributed by atoms with Crippen molar-refractivity contribution in [3.8, 4) is 11.5 Å². The zero-order valence-corrected chi connectivity index (χ0v) is 11.7. The molecule has 0 N–H and O–H groups in total. The Kier molecular flexibility index (Phi) is 3.89. The van der Waals surface area contributed by atoms with Gasteiger partial charge in [-0.2, -0.15) is 4.98 Å². The Balaban J connectivity index is 1.89. The number of carbonyl (C=O) groups excluding carboxylic acids is 1. The highest BCUT2D eigenvalue weighted by Crippen LogP contribution is 2.37. The van der Waals surface area contributed by atoms with Gasteiger partial charge in [-0.3, -0.25) is 9.78 Å². The van der Waals surface area contributed by atoms with Crippen LogP contribution in [0.25, 0.3) is 11.5 Å². The zero-order valence-electron chi connectivity index (χ0n) is 11.7. The van der Waals surface area contributed by atoms with Gasteiger partial charge >= 0.3 is 5.97 Å². The fourth-order valence-corrected chi connectivity index (χ4v) is 2.79. The van der Waals surface area contributed by atoms with Crippen LogP contribution in [-0.2, 0) is 9.53 Å². The van der Waals surface area contributed by atoms with Gasteiger partial charge in [0.05, 0.1) is 13.3 Å². The average Bonchev–Trinajstić information content (AvgIpc) is 3.20. The Morgan fingerprint density at radius 1 is 1.38 bits per heavy atom. The van der Waals surface area contributed by atoms with Crippen LogP contribution in [0.3, 0.4) is 0 Å². The Hall–Kier alpha value is -2.31. The molecule has 21 heavy (non-hydrogen) atoms. The van der Waals surface area contributed by atoms with Gasteiger partial charge in [0, 0.05) is 12.4 Å². The summed E-state index contributed by atoms with van der Waals surface area (Å²) in [6.07, 6.45) is 8.86. The van der Waals surface area contributed by atoms with E-state index in [4.69, 9.17) is 9.26 Å². The number of hydrogen-bond donors (Lipinski definition) is 0. The smallest absolute Gasteiger partial charge is 0.318 e. The van der Waals surface area contributed by atoms with E-state index in [1.54, 1.807) is 18.6 Å². The van der Waals surface area contributed by atoms with Crippen molar-refractivity contribution in [2.24, 2.45) is 5.92 Å². The molecule has 0 radical (unpaired) electrons. The van der Waals surface area contributed by atoms with E-state index in [9.17, 15) is 4.79 Å². The maximum Gasteiger partial charge on any atom is 0.318 e. The molecule has 0 saturated heterocycles. The van der Waals surface area contributed by atoms with Crippen molar-refractivity contribution in [2.75, 3.05) is 7.11 Å². The van der Waals surface area contributed by atoms with Crippen molar-refractivity contribution in [2.45, 2.75) is 31.6 Å². The van der Waals surface area contributed by atoms with E-state index in [1.165, 1.54) is 7.11 Å². The Bertz CT molecular complexity index is 608. The molecule has 7 nitrogen and oxygen atoms in total. The van der Waals surface area contributed by atoms with E-state index in [0.717, 1.165) is 25.7 Å². The lowest BCUT2D eigenvalue weighted by Gasteiger charge is -2.16. The van der Waals surface area contributed by atoms with Crippen molar-refractivity contribution >= 4 is 5.97 Å². The molecule has 1 aliphatic carbocycles. The summed E-state index contributed by atoms with van der Waals surface area (Å²) in [4.78, 5) is 24.5. The van der Waals surface area contributed by atoms with Gasteiger partial charge in [0.25, 0.3) is 0 Å². The highest BCUT2D eigenvalue weighted by atomic mass is 16.5. The second-order valence-electron chi connectivity index (χ2n) is 5.09. The summed E-state index contributed by atoms with van der Waals surface area (Å²) >= 11 is 0. The van der Waals surface area contributed by atoms with Gasteiger partial charge < -0.3 is 9.26 Å². The number of carbonyl (C=O) groups is 1. The lowest BCUT2D eigenvalue weighted by atomic mass is 9.91. The molecule has 1 unspecified atom stereocenters. The van der Waals surface area contributed by atoms with E-state index in [-0.39, 0.29) is 11.9 Å². The third-order valence-electron chi connectivity index (χ3n) is 3.83. The summed E-state index contributed by atoms with van der Waals surface area (Å²) in [5, 5.41) is 3.90. The first kappa shape index (κ1) is 13.7. The molecule has 1 atom stereocenters. The lowest BCUT2D eigenvalue weighted by molar-refractivity contribution is -0.144. The van der Waals surface area contributed by atoms with Crippen LogP contribution in [0, 0.1) is 5.92 Å². The molecule has 2 heterocycles. The molecule has 1 fully saturated rings. The van der Waals surface area contributed by atoms with Crippen LogP contribution in [0.1, 0.15) is 37.5 Å². The highest BCUT2D eigenvalue weighted by molar-refractivity contribution is 5.77. The van der Waals surface area contributed by atoms with Gasteiger partial charge in [0.2, 0.25) is 11.7 Å². The molecule has 1 aliphatic rings. The van der Waals surface area contributed by atoms with Crippen molar-refractivity contribution in [3.63, 3.8) is 0 Å². The van der Waals surface area contributed by atoms with Crippen LogP contribution < -0.4 is 0 Å². The van der Waals surface area contributed by atoms with Crippen molar-refractivity contribution in [1.29, 1.82) is 0 Å². The molecular weight excluding hydrogens is 272 g/mol. The van der Waals surface area contributed by atoms with Crippen molar-refractivity contribution in [1.82, 2.24) is 20.1 Å². The predicted octanol–water partition coefficient (Wildman–Crippen LogP) is 1.97. The molecule has 0 aromatic carbocycles. The monoisotopic (exact) mass is 288 g/mol. The van der Waals surface area contributed by atoms with Gasteiger partial charge in [0.1, 0.15) is 11.6 Å². The minimum Gasteiger partial charge on any atom is -0.468 e. The number of methoxy groups -OCH3 is 1. The van der Waals surface area contributed by atoms with E-state index in [1.807, 2.05) is 0 Å². The van der Waals surface area contributed by atoms with Gasteiger partial charge in [-0.15, -0.1) is 0 Å². The second kappa shape index (κ2) is 5.99. The fraction of sp³-hybridized carbons (Fsp3) is 0.500. The number of aromatic nitrogens is 4. The van der Waals surface area contributed by atoms with Crippen molar-refractivity contribution < 1.29 is 14.1 Å². The Labute approximate surface area is 121 Å². The van der Waals surface area contributed by atoms with Gasteiger partial charge in [0.15, 0.2) is 0 Å². The summed E-state index contributed by atoms with van der Waals surface area (Å²) in [7, 11) is 1.38. The largest absolute Gasteiger partial charge is 0.468 e. The standard InChI is InChI=1S/C14H16N4O3/c1-20-14(19)11(9-4-2-3-5-9)13-17-12(18-21-13)10-8-15-6-7-16-10/h6-9,11H,2-5H2,1H3. The van der Waals surface area contributed by atoms with Crippen LogP contribution >= 0.6 is 0 Å². The van der Waals surface area contributed by atoms with Gasteiger partial charge in [-0.1, -0.05) is 18.0 Å². The van der Waals surface area contributed by atoms with E-state index < -0.39 is 5.92 Å². The molecule has 7 heteroatoms. The minimum atomic E-state index is -0.490. The molecule has 1 saturated carbocycles. The molecule has 110 valence electrons. The molecule has 2 aromatic rings. The summed E-state index contributed by atoms with van der Waals surface area (Å²) < 4.78 is 10.2. The molecule has 0 amide bonds. The van der Waals surface area contributed by atoms with E-state index in [2.05, 4.69) is 20.1 Å². The second-order valence-corrected chi connectivity index (χ2v) is 5.09. The van der Waals surface area contributed by atoms with Crippen LogP contribution in [0.15, 0.2) is 23.1 Å². The SMILES string of the molecule is COC(=O)C(c1nc(-c2cnccn2)no1)C1CCCC1. The third-order valence-corrected chi connectivity index (χ3v) is 3.83. The quantitative estimate of drug-likeness (QED) is 0.794. The van der Waals surface area contributed by atoms with Crippen LogP contribution in [0.5, 0.6) is 0 Å². The van der Waals surface area contributed by atoms with Crippen LogP contribution in [0.2, 0.25) is 0 Å². The maximum atomic E-state index is 12.1. The van der Waals surface area contributed by atoms with Crippen LogP contribution in [0.4, 0.5) is 0 Å². The summed E-state index contributed by atoms with van der Waals surface area (Å²) in [5.74, 6) is 0.0266. The number of nitrogens with zero attached hydrogens (tertiary/aromatic N) is 4. The summed E-state index contributed by atoms with van der Waals surface area (Å²) in [6.45, 7) is 0. The minimum absolute atomic E-state index is 0.201. The Morgan fingerprint density at radius 3 is 2.86 bits per heavy atom. The maximum absolute atomic E-state index is 12.1. The summed E-state index contributed by atoms with van der Waals surface area (Å²) in [5.41, 5.74) is 0.516. The topological polar surface area (TPSA) is 91.0 Å². The van der Waals surface area contributed by atoms with E-state index in [0.29, 0.717) is 17.4 Å². The number of hydrogen-bond acceptors (Lipinski definition) is 7. The van der Waals surface area contributed by atoms with Gasteiger partial charge in [-0.25, -0.2) is 4.98 Å². The zero-order chi connectivity index (χ0) is 14.7. The van der Waals surface area contributed by atoms with Crippen LogP contribution in [-0.4, -0.2) is 33.2 Å². The lowest BCUT2D eigenvalue weighted by Crippen LogP contribution is -2.21. The van der Waals surface area contributed by atoms with Crippen molar-refractivity contribution in [3.05, 3.63) is 24.5 Å². The van der Waals surface area contributed by atoms with E-state index >= 15 is 0 Å². The normalized spacial score (nSPS) is 16.8. The fourth-order valence-electron chi connectivity index (χ4n) is 2.79. The molecular formula is C14H16N4O3. The number of esters is 1. The van der Waals surface area contributed by atoms with Gasteiger partial charge in [-0.05, 0) is 18.8 Å². The average molecular weight is 288 g/mol. The molecule has 0 aliphatic heterocycles. The predicted molar refractivity (Wildman–Crippen MR) is 72.0 cm³/mol. The molecule has 3 rings (SSSR count). The number of ether oxygens (including phenoxy) is 1. The first-order valence-corrected chi connectivity index (χ1v) is 6.97. The third kappa shape index (κ3) is 2.76. The first-order valence-electron chi connectivity index (χ1n) is 6.97. The summed E-state index contributed by atoms with van der Waals surface area (Å²) in [6, 6.07) is 0. The molecule has 0 bridgehead atoms. The molecule has 2 aromatic heterocycles. The first-order chi connectivity index (χ1) is 10.3. The highest BCUT2D eigenvalue weighted by Gasteiger charge is 2.37.